The molecular weight excluding hydrogens is 250 g/mol. The van der Waals surface area contributed by atoms with Crippen molar-refractivity contribution in [1.82, 2.24) is 10.2 Å². The zero-order valence-electron chi connectivity index (χ0n) is 10.5. The summed E-state index contributed by atoms with van der Waals surface area (Å²) in [6, 6.07) is 5.57. The number of nitrogens with one attached hydrogen (secondary N) is 1. The summed E-state index contributed by atoms with van der Waals surface area (Å²) in [7, 11) is 1.61. The first kappa shape index (κ1) is 12.9. The van der Waals surface area contributed by atoms with E-state index >= 15 is 0 Å². The van der Waals surface area contributed by atoms with Gasteiger partial charge in [-0.3, -0.25) is 5.10 Å². The van der Waals surface area contributed by atoms with Crippen molar-refractivity contribution in [3.05, 3.63) is 34.5 Å². The van der Waals surface area contributed by atoms with Crippen molar-refractivity contribution in [1.29, 1.82) is 0 Å². The van der Waals surface area contributed by atoms with Gasteiger partial charge in [0.05, 0.1) is 17.8 Å². The fourth-order valence-electron chi connectivity index (χ4n) is 1.94. The van der Waals surface area contributed by atoms with E-state index in [1.807, 2.05) is 19.1 Å². The monoisotopic (exact) mass is 265 g/mol. The van der Waals surface area contributed by atoms with E-state index < -0.39 is 0 Å². The number of halogens is 1. The van der Waals surface area contributed by atoms with Gasteiger partial charge in [0.15, 0.2) is 0 Å². The van der Waals surface area contributed by atoms with Gasteiger partial charge in [-0.25, -0.2) is 0 Å². The molecule has 96 valence electrons. The van der Waals surface area contributed by atoms with Crippen LogP contribution in [0, 0.1) is 6.92 Å². The fraction of sp³-hybridized carbons (Fsp3) is 0.308. The van der Waals surface area contributed by atoms with E-state index in [0.29, 0.717) is 11.6 Å². The van der Waals surface area contributed by atoms with Crippen LogP contribution in [-0.4, -0.2) is 23.9 Å². The predicted molar refractivity (Wildman–Crippen MR) is 73.1 cm³/mol. The average Bonchev–Trinajstić information content (AvgIpc) is 2.72. The summed E-state index contributed by atoms with van der Waals surface area (Å²) in [5.74, 6) is 0.733. The number of aromatic nitrogens is 2. The molecule has 2 aromatic rings. The molecule has 0 saturated heterocycles. The lowest BCUT2D eigenvalue weighted by Gasteiger charge is -2.07. The number of H-pyrrole nitrogens is 1. The van der Waals surface area contributed by atoms with E-state index in [1.165, 1.54) is 0 Å². The molecular formula is C13H16ClN3O. The number of hydrogen-bond acceptors (Lipinski definition) is 3. The van der Waals surface area contributed by atoms with Gasteiger partial charge >= 0.3 is 0 Å². The molecule has 1 aromatic heterocycles. The highest BCUT2D eigenvalue weighted by Gasteiger charge is 2.14. The van der Waals surface area contributed by atoms with Gasteiger partial charge in [0.2, 0.25) is 0 Å². The highest BCUT2D eigenvalue weighted by atomic mass is 35.5. The Morgan fingerprint density at radius 2 is 2.22 bits per heavy atom. The second-order valence-electron chi connectivity index (χ2n) is 4.06. The molecule has 3 N–H and O–H groups in total. The second kappa shape index (κ2) is 5.42. The first-order valence-corrected chi connectivity index (χ1v) is 6.13. The summed E-state index contributed by atoms with van der Waals surface area (Å²) >= 11 is 6.26. The van der Waals surface area contributed by atoms with E-state index in [0.717, 1.165) is 34.7 Å². The standard InChI is InChI=1S/C13H16ClN3O/c1-8-10(5-6-15)13(17-16-8)11-4-3-9(18-2)7-12(11)14/h3-4,7H,5-6,15H2,1-2H3,(H,16,17). The van der Waals surface area contributed by atoms with Gasteiger partial charge < -0.3 is 10.5 Å². The number of aromatic amines is 1. The van der Waals surface area contributed by atoms with Gasteiger partial charge in [0.1, 0.15) is 5.75 Å². The first-order valence-electron chi connectivity index (χ1n) is 5.75. The second-order valence-corrected chi connectivity index (χ2v) is 4.47. The Morgan fingerprint density at radius 1 is 1.44 bits per heavy atom. The van der Waals surface area contributed by atoms with E-state index in [2.05, 4.69) is 10.2 Å². The van der Waals surface area contributed by atoms with Crippen molar-refractivity contribution < 1.29 is 4.74 Å². The first-order chi connectivity index (χ1) is 8.67. The van der Waals surface area contributed by atoms with Crippen molar-refractivity contribution in [3.8, 4) is 17.0 Å². The largest absolute Gasteiger partial charge is 0.497 e. The van der Waals surface area contributed by atoms with Crippen molar-refractivity contribution in [2.75, 3.05) is 13.7 Å². The number of methoxy groups -OCH3 is 1. The predicted octanol–water partition coefficient (Wildman–Crippen LogP) is 2.55. The SMILES string of the molecule is COc1ccc(-c2n[nH]c(C)c2CCN)c(Cl)c1. The average molecular weight is 266 g/mol. The Hall–Kier alpha value is -1.52. The molecule has 0 bridgehead atoms. The van der Waals surface area contributed by atoms with Crippen LogP contribution in [0.5, 0.6) is 5.75 Å². The summed E-state index contributed by atoms with van der Waals surface area (Å²) in [6.45, 7) is 2.57. The third-order valence-corrected chi connectivity index (χ3v) is 3.21. The Morgan fingerprint density at radius 3 is 2.83 bits per heavy atom. The number of rotatable bonds is 4. The molecule has 0 aliphatic carbocycles. The molecule has 0 spiro atoms. The molecule has 0 saturated carbocycles. The van der Waals surface area contributed by atoms with Crippen molar-refractivity contribution >= 4 is 11.6 Å². The van der Waals surface area contributed by atoms with Gasteiger partial charge in [-0.15, -0.1) is 0 Å². The molecule has 1 heterocycles. The quantitative estimate of drug-likeness (QED) is 0.893. The van der Waals surface area contributed by atoms with Crippen LogP contribution in [0.1, 0.15) is 11.3 Å². The normalized spacial score (nSPS) is 10.7. The number of ether oxygens (including phenoxy) is 1. The summed E-state index contributed by atoms with van der Waals surface area (Å²) < 4.78 is 5.14. The number of hydrogen-bond donors (Lipinski definition) is 2. The summed E-state index contributed by atoms with van der Waals surface area (Å²) in [4.78, 5) is 0. The molecule has 0 aliphatic rings. The van der Waals surface area contributed by atoms with E-state index in [9.17, 15) is 0 Å². The molecule has 2 rings (SSSR count). The van der Waals surface area contributed by atoms with Crippen LogP contribution in [0.25, 0.3) is 11.3 Å². The fourth-order valence-corrected chi connectivity index (χ4v) is 2.20. The molecule has 0 amide bonds. The third kappa shape index (κ3) is 2.35. The lowest BCUT2D eigenvalue weighted by molar-refractivity contribution is 0.415. The minimum atomic E-state index is 0.584. The van der Waals surface area contributed by atoms with Crippen molar-refractivity contribution in [2.24, 2.45) is 5.73 Å². The van der Waals surface area contributed by atoms with Gasteiger partial charge in [0, 0.05) is 16.8 Å². The van der Waals surface area contributed by atoms with Crippen molar-refractivity contribution in [3.63, 3.8) is 0 Å². The summed E-state index contributed by atoms with van der Waals surface area (Å²) in [5, 5.41) is 7.92. The van der Waals surface area contributed by atoms with Crippen LogP contribution >= 0.6 is 11.6 Å². The van der Waals surface area contributed by atoms with Crippen LogP contribution in [-0.2, 0) is 6.42 Å². The molecule has 0 radical (unpaired) electrons. The Bertz CT molecular complexity index is 551. The smallest absolute Gasteiger partial charge is 0.120 e. The van der Waals surface area contributed by atoms with E-state index in [4.69, 9.17) is 22.1 Å². The van der Waals surface area contributed by atoms with Crippen LogP contribution in [0.2, 0.25) is 5.02 Å². The number of nitrogens with two attached hydrogens (primary N) is 1. The van der Waals surface area contributed by atoms with Gasteiger partial charge in [-0.2, -0.15) is 5.10 Å². The Kier molecular flexibility index (Phi) is 3.89. The molecule has 0 aliphatic heterocycles. The molecule has 0 atom stereocenters. The van der Waals surface area contributed by atoms with Crippen LogP contribution < -0.4 is 10.5 Å². The maximum atomic E-state index is 6.26. The third-order valence-electron chi connectivity index (χ3n) is 2.90. The lowest BCUT2D eigenvalue weighted by Crippen LogP contribution is -2.04. The van der Waals surface area contributed by atoms with Crippen LogP contribution in [0.3, 0.4) is 0 Å². The lowest BCUT2D eigenvalue weighted by atomic mass is 10.0. The van der Waals surface area contributed by atoms with E-state index in [1.54, 1.807) is 13.2 Å². The molecule has 18 heavy (non-hydrogen) atoms. The number of aryl methyl sites for hydroxylation is 1. The minimum Gasteiger partial charge on any atom is -0.497 e. The van der Waals surface area contributed by atoms with Crippen molar-refractivity contribution in [2.45, 2.75) is 13.3 Å². The van der Waals surface area contributed by atoms with Gasteiger partial charge in [-0.1, -0.05) is 11.6 Å². The number of nitrogens with zero attached hydrogens (tertiary/aromatic N) is 1. The molecule has 0 fully saturated rings. The van der Waals surface area contributed by atoms with Crippen LogP contribution in [0.4, 0.5) is 0 Å². The highest BCUT2D eigenvalue weighted by Crippen LogP contribution is 2.32. The highest BCUT2D eigenvalue weighted by molar-refractivity contribution is 6.33. The van der Waals surface area contributed by atoms with Gasteiger partial charge in [0.25, 0.3) is 0 Å². The number of benzene rings is 1. The summed E-state index contributed by atoms with van der Waals surface area (Å²) in [6.07, 6.45) is 0.778. The maximum absolute atomic E-state index is 6.26. The molecule has 5 heteroatoms. The topological polar surface area (TPSA) is 63.9 Å². The molecule has 0 unspecified atom stereocenters. The Labute approximate surface area is 111 Å². The Balaban J connectivity index is 2.48. The zero-order valence-corrected chi connectivity index (χ0v) is 11.2. The van der Waals surface area contributed by atoms with Gasteiger partial charge in [-0.05, 0) is 38.1 Å². The van der Waals surface area contributed by atoms with E-state index in [-0.39, 0.29) is 0 Å². The molecule has 4 nitrogen and oxygen atoms in total. The zero-order chi connectivity index (χ0) is 13.1. The minimum absolute atomic E-state index is 0.584. The summed E-state index contributed by atoms with van der Waals surface area (Å²) in [5.41, 5.74) is 9.53. The maximum Gasteiger partial charge on any atom is 0.120 e. The van der Waals surface area contributed by atoms with Crippen LogP contribution in [0.15, 0.2) is 18.2 Å². The molecule has 1 aromatic carbocycles.